The van der Waals surface area contributed by atoms with Gasteiger partial charge >= 0.3 is 0 Å². The van der Waals surface area contributed by atoms with Crippen LogP contribution in [0.15, 0.2) is 54.6 Å². The molecule has 0 atom stereocenters. The van der Waals surface area contributed by atoms with Gasteiger partial charge in [-0.2, -0.15) is 0 Å². The second-order valence-corrected chi connectivity index (χ2v) is 7.12. The normalized spacial score (nSPS) is 10.5. The highest BCUT2D eigenvalue weighted by Crippen LogP contribution is 2.39. The Labute approximate surface area is 181 Å². The van der Waals surface area contributed by atoms with Crippen LogP contribution in [0.25, 0.3) is 11.1 Å². The Bertz CT molecular complexity index is 1110. The Morgan fingerprint density at radius 2 is 1.48 bits per heavy atom. The molecule has 160 valence electrons. The van der Waals surface area contributed by atoms with Gasteiger partial charge in [-0.05, 0) is 53.9 Å². The largest absolute Gasteiger partial charge is 0.493 e. The zero-order valence-electron chi connectivity index (χ0n) is 18.0. The van der Waals surface area contributed by atoms with E-state index in [4.69, 9.17) is 19.9 Å². The number of anilines is 1. The van der Waals surface area contributed by atoms with Gasteiger partial charge in [0.1, 0.15) is 5.78 Å². The number of nitrogen functional groups attached to an aromatic ring is 1. The molecule has 0 unspecified atom stereocenters. The highest BCUT2D eigenvalue weighted by atomic mass is 16.5. The van der Waals surface area contributed by atoms with E-state index in [1.165, 1.54) is 28.3 Å². The van der Waals surface area contributed by atoms with Crippen LogP contribution in [0.2, 0.25) is 0 Å². The number of hydrogen-bond acceptors (Lipinski definition) is 6. The quantitative estimate of drug-likeness (QED) is 0.432. The molecule has 6 heteroatoms. The first-order valence-corrected chi connectivity index (χ1v) is 9.71. The van der Waals surface area contributed by atoms with Crippen LogP contribution in [0, 0.1) is 0 Å². The Kier molecular flexibility index (Phi) is 6.60. The molecule has 0 aromatic heterocycles. The van der Waals surface area contributed by atoms with Crippen LogP contribution in [-0.4, -0.2) is 32.9 Å². The zero-order chi connectivity index (χ0) is 22.5. The van der Waals surface area contributed by atoms with Gasteiger partial charge in [0.2, 0.25) is 5.75 Å². The van der Waals surface area contributed by atoms with E-state index in [-0.39, 0.29) is 18.0 Å². The van der Waals surface area contributed by atoms with Crippen molar-refractivity contribution in [2.75, 3.05) is 27.1 Å². The fourth-order valence-electron chi connectivity index (χ4n) is 3.48. The van der Waals surface area contributed by atoms with Crippen LogP contribution in [-0.2, 0) is 11.2 Å². The summed E-state index contributed by atoms with van der Waals surface area (Å²) in [6.07, 6.45) is 0.155. The van der Waals surface area contributed by atoms with Crippen LogP contribution in [0.5, 0.6) is 17.2 Å². The van der Waals surface area contributed by atoms with Crippen LogP contribution in [0.1, 0.15) is 28.4 Å². The van der Waals surface area contributed by atoms with Crippen LogP contribution < -0.4 is 19.9 Å². The number of hydrogen-bond donors (Lipinski definition) is 1. The number of Topliss-reactive ketones (excluding diaryl/α,β-unsaturated/α-hetero) is 1. The maximum Gasteiger partial charge on any atom is 0.203 e. The highest BCUT2D eigenvalue weighted by Gasteiger charge is 2.21. The summed E-state index contributed by atoms with van der Waals surface area (Å²) in [5.74, 6) is 0.881. The van der Waals surface area contributed by atoms with E-state index >= 15 is 0 Å². The number of ketones is 2. The summed E-state index contributed by atoms with van der Waals surface area (Å²) < 4.78 is 16.1. The molecule has 3 aromatic rings. The molecule has 0 saturated heterocycles. The van der Waals surface area contributed by atoms with Crippen LogP contribution in [0.3, 0.4) is 0 Å². The van der Waals surface area contributed by atoms with Gasteiger partial charge in [-0.1, -0.05) is 24.3 Å². The van der Waals surface area contributed by atoms with E-state index in [1.807, 2.05) is 30.3 Å². The minimum atomic E-state index is -0.249. The Balaban J connectivity index is 2.16. The van der Waals surface area contributed by atoms with Gasteiger partial charge in [-0.25, -0.2) is 0 Å². The van der Waals surface area contributed by atoms with Gasteiger partial charge in [0.05, 0.1) is 21.3 Å². The molecule has 0 amide bonds. The molecular formula is C25H25NO5. The van der Waals surface area contributed by atoms with E-state index in [0.717, 1.165) is 11.1 Å². The molecule has 0 aliphatic heterocycles. The standard InChI is InChI=1S/C25H25NO5/c1-15(27)10-18-9-8-17(16-6-5-7-20(26)11-16)12-21(18)24(28)19-13-22(29-2)25(31-4)23(14-19)30-3/h5-9,11-14H,10,26H2,1-4H3. The van der Waals surface area contributed by atoms with Crippen molar-refractivity contribution in [1.82, 2.24) is 0 Å². The zero-order valence-corrected chi connectivity index (χ0v) is 18.0. The molecule has 3 rings (SSSR count). The second kappa shape index (κ2) is 9.34. The fraction of sp³-hybridized carbons (Fsp3) is 0.200. The number of nitrogens with two attached hydrogens (primary N) is 1. The number of benzene rings is 3. The predicted molar refractivity (Wildman–Crippen MR) is 120 cm³/mol. The van der Waals surface area contributed by atoms with Gasteiger partial charge in [0.15, 0.2) is 17.3 Å². The third-order valence-electron chi connectivity index (χ3n) is 4.94. The van der Waals surface area contributed by atoms with Crippen molar-refractivity contribution >= 4 is 17.3 Å². The molecule has 31 heavy (non-hydrogen) atoms. The average Bonchev–Trinajstić information content (AvgIpc) is 2.77. The molecule has 0 aliphatic rings. The van der Waals surface area contributed by atoms with Crippen molar-refractivity contribution in [2.45, 2.75) is 13.3 Å². The summed E-state index contributed by atoms with van der Waals surface area (Å²) in [5.41, 5.74) is 9.71. The fourth-order valence-corrected chi connectivity index (χ4v) is 3.48. The summed E-state index contributed by atoms with van der Waals surface area (Å²) in [4.78, 5) is 25.4. The van der Waals surface area contributed by atoms with Gasteiger partial charge < -0.3 is 19.9 Å². The second-order valence-electron chi connectivity index (χ2n) is 7.12. The average molecular weight is 419 g/mol. The monoisotopic (exact) mass is 419 g/mol. The lowest BCUT2D eigenvalue weighted by Crippen LogP contribution is -2.10. The number of rotatable bonds is 8. The van der Waals surface area contributed by atoms with E-state index in [0.29, 0.717) is 39.6 Å². The van der Waals surface area contributed by atoms with Gasteiger partial charge in [-0.15, -0.1) is 0 Å². The Morgan fingerprint density at radius 3 is 2.03 bits per heavy atom. The number of carbonyl (C=O) groups excluding carboxylic acids is 2. The third kappa shape index (κ3) is 4.69. The Morgan fingerprint density at radius 1 is 0.839 bits per heavy atom. The molecule has 0 spiro atoms. The molecule has 0 radical (unpaired) electrons. The van der Waals surface area contributed by atoms with Crippen molar-refractivity contribution < 1.29 is 23.8 Å². The van der Waals surface area contributed by atoms with Crippen molar-refractivity contribution in [1.29, 1.82) is 0 Å². The number of methoxy groups -OCH3 is 3. The van der Waals surface area contributed by atoms with Gasteiger partial charge in [0.25, 0.3) is 0 Å². The van der Waals surface area contributed by atoms with Crippen molar-refractivity contribution in [3.8, 4) is 28.4 Å². The van der Waals surface area contributed by atoms with Crippen LogP contribution >= 0.6 is 0 Å². The molecule has 0 bridgehead atoms. The summed E-state index contributed by atoms with van der Waals surface area (Å²) in [5, 5.41) is 0. The molecule has 0 fully saturated rings. The molecule has 3 aromatic carbocycles. The lowest BCUT2D eigenvalue weighted by molar-refractivity contribution is -0.116. The summed E-state index contributed by atoms with van der Waals surface area (Å²) in [6.45, 7) is 1.50. The first-order valence-electron chi connectivity index (χ1n) is 9.71. The summed E-state index contributed by atoms with van der Waals surface area (Å²) >= 11 is 0. The molecular weight excluding hydrogens is 394 g/mol. The molecule has 2 N–H and O–H groups in total. The smallest absolute Gasteiger partial charge is 0.203 e. The topological polar surface area (TPSA) is 87.9 Å². The summed E-state index contributed by atoms with van der Waals surface area (Å²) in [7, 11) is 4.49. The Hall–Kier alpha value is -3.80. The lowest BCUT2D eigenvalue weighted by Gasteiger charge is -2.15. The van der Waals surface area contributed by atoms with Gasteiger partial charge in [-0.3, -0.25) is 9.59 Å². The lowest BCUT2D eigenvalue weighted by atomic mass is 9.91. The van der Waals surface area contributed by atoms with Crippen LogP contribution in [0.4, 0.5) is 5.69 Å². The van der Waals surface area contributed by atoms with Crippen molar-refractivity contribution in [3.05, 3.63) is 71.3 Å². The van der Waals surface area contributed by atoms with Crippen molar-refractivity contribution in [2.24, 2.45) is 0 Å². The number of ether oxygens (including phenoxy) is 3. The minimum absolute atomic E-state index is 0.0318. The predicted octanol–water partition coefficient (Wildman–Crippen LogP) is 4.32. The van der Waals surface area contributed by atoms with E-state index in [2.05, 4.69) is 0 Å². The third-order valence-corrected chi connectivity index (χ3v) is 4.94. The number of carbonyl (C=O) groups is 2. The molecule has 6 nitrogen and oxygen atoms in total. The minimum Gasteiger partial charge on any atom is -0.493 e. The maximum absolute atomic E-state index is 13.5. The van der Waals surface area contributed by atoms with E-state index in [9.17, 15) is 9.59 Å². The van der Waals surface area contributed by atoms with Gasteiger partial charge in [0, 0.05) is 23.2 Å². The van der Waals surface area contributed by atoms with Crippen molar-refractivity contribution in [3.63, 3.8) is 0 Å². The maximum atomic E-state index is 13.5. The highest BCUT2D eigenvalue weighted by molar-refractivity contribution is 6.11. The first-order chi connectivity index (χ1) is 14.9. The van der Waals surface area contributed by atoms with E-state index < -0.39 is 0 Å². The molecule has 0 heterocycles. The first kappa shape index (κ1) is 21.9. The SMILES string of the molecule is COc1cc(C(=O)c2cc(-c3cccc(N)c3)ccc2CC(C)=O)cc(OC)c1OC. The molecule has 0 saturated carbocycles. The van der Waals surface area contributed by atoms with E-state index in [1.54, 1.807) is 24.3 Å². The summed E-state index contributed by atoms with van der Waals surface area (Å²) in [6, 6.07) is 16.1. The molecule has 0 aliphatic carbocycles.